The first-order valence-corrected chi connectivity index (χ1v) is 5.47. The average Bonchev–Trinajstić information content (AvgIpc) is 2.11. The van der Waals surface area contributed by atoms with E-state index in [9.17, 15) is 4.79 Å². The van der Waals surface area contributed by atoms with Crippen LogP contribution in [0.4, 0.5) is 0 Å². The summed E-state index contributed by atoms with van der Waals surface area (Å²) >= 11 is 4.22. The van der Waals surface area contributed by atoms with Crippen LogP contribution in [0.2, 0.25) is 0 Å². The van der Waals surface area contributed by atoms with Gasteiger partial charge in [-0.3, -0.25) is 4.79 Å². The smallest absolute Gasteiger partial charge is 0.219 e. The van der Waals surface area contributed by atoms with Gasteiger partial charge in [0.05, 0.1) is 12.2 Å². The van der Waals surface area contributed by atoms with E-state index in [4.69, 9.17) is 4.74 Å². The molecule has 0 radical (unpaired) electrons. The van der Waals surface area contributed by atoms with Crippen LogP contribution in [0.25, 0.3) is 0 Å². The number of hydrogen-bond donors (Lipinski definition) is 2. The molecule has 0 aliphatic carbocycles. The molecular formula is C10H21NO2S. The number of ether oxygens (including phenoxy) is 1. The number of carbonyl (C=O) groups is 1. The zero-order chi connectivity index (χ0) is 11.2. The zero-order valence-electron chi connectivity index (χ0n) is 9.46. The fourth-order valence-electron chi connectivity index (χ4n) is 0.834. The number of rotatable bonds is 6. The maximum atomic E-state index is 11.0. The second-order valence-electron chi connectivity index (χ2n) is 4.05. The van der Waals surface area contributed by atoms with Crippen LogP contribution in [0.5, 0.6) is 0 Å². The lowest BCUT2D eigenvalue weighted by Crippen LogP contribution is -2.41. The van der Waals surface area contributed by atoms with Gasteiger partial charge in [-0.2, -0.15) is 12.6 Å². The van der Waals surface area contributed by atoms with E-state index in [0.717, 1.165) is 0 Å². The van der Waals surface area contributed by atoms with Crippen LogP contribution in [0.1, 0.15) is 34.1 Å². The van der Waals surface area contributed by atoms with Crippen molar-refractivity contribution in [2.75, 3.05) is 13.2 Å². The third-order valence-electron chi connectivity index (χ3n) is 1.75. The third kappa shape index (κ3) is 7.21. The molecule has 1 unspecified atom stereocenters. The van der Waals surface area contributed by atoms with Crippen molar-refractivity contribution in [2.45, 2.75) is 45.0 Å². The van der Waals surface area contributed by atoms with Crippen molar-refractivity contribution >= 4 is 18.5 Å². The largest absolute Gasteiger partial charge is 0.373 e. The van der Waals surface area contributed by atoms with E-state index in [-0.39, 0.29) is 16.8 Å². The minimum atomic E-state index is -0.318. The molecule has 0 aliphatic rings. The molecule has 0 saturated carbocycles. The number of hydrogen-bond acceptors (Lipinski definition) is 3. The number of carbonyl (C=O) groups excluding carboxylic acids is 1. The Morgan fingerprint density at radius 3 is 2.57 bits per heavy atom. The van der Waals surface area contributed by atoms with Gasteiger partial charge in [0.15, 0.2) is 0 Å². The summed E-state index contributed by atoms with van der Waals surface area (Å²) in [6, 6.07) is 0. The molecule has 1 atom stereocenters. The first-order valence-electron chi connectivity index (χ1n) is 4.96. The minimum absolute atomic E-state index is 0.0561. The second-order valence-corrected chi connectivity index (χ2v) is 4.93. The van der Waals surface area contributed by atoms with Gasteiger partial charge in [0.1, 0.15) is 0 Å². The van der Waals surface area contributed by atoms with E-state index >= 15 is 0 Å². The molecule has 1 amide bonds. The monoisotopic (exact) mass is 219 g/mol. The summed E-state index contributed by atoms with van der Waals surface area (Å²) in [5, 5.41) is 3.03. The molecule has 0 aliphatic heterocycles. The highest BCUT2D eigenvalue weighted by molar-refractivity contribution is 7.80. The number of amides is 1. The maximum absolute atomic E-state index is 11.0. The summed E-state index contributed by atoms with van der Waals surface area (Å²) in [7, 11) is 0. The Morgan fingerprint density at radius 2 is 2.14 bits per heavy atom. The minimum Gasteiger partial charge on any atom is -0.373 e. The molecule has 1 N–H and O–H groups in total. The van der Waals surface area contributed by atoms with Gasteiger partial charge in [-0.15, -0.1) is 0 Å². The highest BCUT2D eigenvalue weighted by Crippen LogP contribution is 2.09. The predicted octanol–water partition coefficient (Wildman–Crippen LogP) is 1.63. The van der Waals surface area contributed by atoms with Gasteiger partial charge in [-0.1, -0.05) is 13.8 Å². The summed E-state index contributed by atoms with van der Waals surface area (Å²) in [6.07, 6.45) is 0.513. The van der Waals surface area contributed by atoms with Crippen molar-refractivity contribution in [3.8, 4) is 0 Å². The fraction of sp³-hybridized carbons (Fsp3) is 0.900. The van der Waals surface area contributed by atoms with Crippen molar-refractivity contribution in [1.82, 2.24) is 5.32 Å². The lowest BCUT2D eigenvalue weighted by molar-refractivity contribution is -0.122. The van der Waals surface area contributed by atoms with Crippen LogP contribution < -0.4 is 5.32 Å². The van der Waals surface area contributed by atoms with Crippen LogP contribution in [-0.4, -0.2) is 29.9 Å². The Balaban J connectivity index is 3.77. The van der Waals surface area contributed by atoms with Crippen molar-refractivity contribution in [3.63, 3.8) is 0 Å². The van der Waals surface area contributed by atoms with Gasteiger partial charge in [0.25, 0.3) is 0 Å². The maximum Gasteiger partial charge on any atom is 0.219 e. The van der Waals surface area contributed by atoms with E-state index in [1.807, 2.05) is 27.7 Å². The van der Waals surface area contributed by atoms with Crippen LogP contribution in [0.15, 0.2) is 0 Å². The highest BCUT2D eigenvalue weighted by atomic mass is 32.1. The predicted molar refractivity (Wildman–Crippen MR) is 61.8 cm³/mol. The van der Waals surface area contributed by atoms with Gasteiger partial charge in [-0.25, -0.2) is 0 Å². The molecule has 3 nitrogen and oxygen atoms in total. The molecule has 0 aromatic rings. The molecule has 4 heteroatoms. The Bertz CT molecular complexity index is 181. The first-order chi connectivity index (χ1) is 6.37. The van der Waals surface area contributed by atoms with E-state index in [0.29, 0.717) is 19.6 Å². The second kappa shape index (κ2) is 6.30. The Labute approximate surface area is 92.0 Å². The zero-order valence-corrected chi connectivity index (χ0v) is 10.4. The van der Waals surface area contributed by atoms with E-state index in [2.05, 4.69) is 17.9 Å². The molecule has 0 bridgehead atoms. The number of thiol groups is 1. The number of nitrogens with one attached hydrogen (secondary N) is 1. The molecular weight excluding hydrogens is 198 g/mol. The lowest BCUT2D eigenvalue weighted by Gasteiger charge is -2.26. The average molecular weight is 219 g/mol. The van der Waals surface area contributed by atoms with Crippen molar-refractivity contribution < 1.29 is 9.53 Å². The van der Waals surface area contributed by atoms with Gasteiger partial charge in [-0.05, 0) is 13.8 Å². The summed E-state index contributed by atoms with van der Waals surface area (Å²) < 4.78 is 5.59. The summed E-state index contributed by atoms with van der Waals surface area (Å²) in [6.45, 7) is 8.86. The van der Waals surface area contributed by atoms with E-state index < -0.39 is 0 Å². The topological polar surface area (TPSA) is 38.3 Å². The van der Waals surface area contributed by atoms with Crippen LogP contribution in [-0.2, 0) is 9.53 Å². The van der Waals surface area contributed by atoms with Gasteiger partial charge in [0, 0.05) is 18.2 Å². The van der Waals surface area contributed by atoms with Crippen LogP contribution in [0, 0.1) is 0 Å². The SMILES string of the molecule is CCC(=O)NCC(C)(C)OCC(C)S. The quantitative estimate of drug-likeness (QED) is 0.666. The third-order valence-corrected chi connectivity index (χ3v) is 1.90. The highest BCUT2D eigenvalue weighted by Gasteiger charge is 2.19. The molecule has 14 heavy (non-hydrogen) atoms. The normalized spacial score (nSPS) is 13.8. The van der Waals surface area contributed by atoms with Crippen LogP contribution >= 0.6 is 12.6 Å². The van der Waals surface area contributed by atoms with Crippen LogP contribution in [0.3, 0.4) is 0 Å². The molecule has 0 saturated heterocycles. The lowest BCUT2D eigenvalue weighted by atomic mass is 10.1. The Kier molecular flexibility index (Phi) is 6.20. The summed E-state index contributed by atoms with van der Waals surface area (Å²) in [5.74, 6) is 0.0561. The fourth-order valence-corrected chi connectivity index (χ4v) is 0.908. The standard InChI is InChI=1S/C10H21NO2S/c1-5-9(12)11-7-10(3,4)13-6-8(2)14/h8,14H,5-7H2,1-4H3,(H,11,12). The van der Waals surface area contributed by atoms with Gasteiger partial charge < -0.3 is 10.1 Å². The van der Waals surface area contributed by atoms with Gasteiger partial charge in [0.2, 0.25) is 5.91 Å². The van der Waals surface area contributed by atoms with E-state index in [1.54, 1.807) is 0 Å². The van der Waals surface area contributed by atoms with E-state index in [1.165, 1.54) is 0 Å². The van der Waals surface area contributed by atoms with Crippen molar-refractivity contribution in [2.24, 2.45) is 0 Å². The molecule has 0 aromatic heterocycles. The molecule has 0 heterocycles. The first kappa shape index (κ1) is 13.8. The van der Waals surface area contributed by atoms with Crippen molar-refractivity contribution in [1.29, 1.82) is 0 Å². The molecule has 0 fully saturated rings. The van der Waals surface area contributed by atoms with Gasteiger partial charge >= 0.3 is 0 Å². The molecule has 0 spiro atoms. The Hall–Kier alpha value is -0.220. The summed E-state index contributed by atoms with van der Waals surface area (Å²) in [4.78, 5) is 11.0. The Morgan fingerprint density at radius 1 is 1.57 bits per heavy atom. The molecule has 84 valence electrons. The molecule has 0 aromatic carbocycles. The molecule has 0 rings (SSSR count). The summed E-state index contributed by atoms with van der Waals surface area (Å²) in [5.41, 5.74) is -0.318. The van der Waals surface area contributed by atoms with Crippen molar-refractivity contribution in [3.05, 3.63) is 0 Å².